The Morgan fingerprint density at radius 2 is 2.15 bits per heavy atom. The summed E-state index contributed by atoms with van der Waals surface area (Å²) in [5.41, 5.74) is 1.90. The number of nitriles is 1. The molecule has 2 rings (SSSR count). The van der Waals surface area contributed by atoms with Crippen LogP contribution in [0, 0.1) is 18.3 Å². The zero-order chi connectivity index (χ0) is 14.5. The Labute approximate surface area is 122 Å². The van der Waals surface area contributed by atoms with Gasteiger partial charge in [-0.15, -0.1) is 11.3 Å². The van der Waals surface area contributed by atoms with Gasteiger partial charge in [0.2, 0.25) is 0 Å². The molecule has 0 unspecified atom stereocenters. The molecule has 1 heterocycles. The van der Waals surface area contributed by atoms with Crippen molar-refractivity contribution in [1.82, 2.24) is 4.98 Å². The average molecular weight is 288 g/mol. The molecular weight excluding hydrogens is 272 g/mol. The second-order valence-electron chi connectivity index (χ2n) is 4.16. The van der Waals surface area contributed by atoms with E-state index in [1.807, 2.05) is 32.0 Å². The number of ether oxygens (including phenoxy) is 2. The molecule has 0 saturated carbocycles. The summed E-state index contributed by atoms with van der Waals surface area (Å²) in [4.78, 5) is 5.54. The number of nitrogens with zero attached hydrogens (tertiary/aromatic N) is 2. The van der Waals surface area contributed by atoms with Crippen molar-refractivity contribution in [1.29, 1.82) is 5.26 Å². The predicted octanol–water partition coefficient (Wildman–Crippen LogP) is 3.59. The normalized spacial score (nSPS) is 10.1. The number of aromatic nitrogens is 1. The molecule has 0 saturated heterocycles. The fraction of sp³-hybridized carbons (Fsp3) is 0.333. The third-order valence-corrected chi connectivity index (χ3v) is 4.05. The number of hydrogen-bond acceptors (Lipinski definition) is 5. The molecule has 104 valence electrons. The summed E-state index contributed by atoms with van der Waals surface area (Å²) in [5, 5.41) is 9.70. The van der Waals surface area contributed by atoms with Gasteiger partial charge in [-0.2, -0.15) is 5.26 Å². The first-order chi connectivity index (χ1) is 9.69. The maximum Gasteiger partial charge on any atom is 0.161 e. The lowest BCUT2D eigenvalue weighted by molar-refractivity contribution is 0.311. The molecule has 0 radical (unpaired) electrons. The van der Waals surface area contributed by atoms with Crippen LogP contribution >= 0.6 is 11.3 Å². The number of thiazole rings is 1. The van der Waals surface area contributed by atoms with Gasteiger partial charge in [-0.05, 0) is 32.0 Å². The molecule has 0 N–H and O–H groups in total. The fourth-order valence-electron chi connectivity index (χ4n) is 1.87. The van der Waals surface area contributed by atoms with Crippen LogP contribution in [0.3, 0.4) is 0 Å². The molecule has 0 aliphatic rings. The van der Waals surface area contributed by atoms with E-state index in [0.717, 1.165) is 21.1 Å². The van der Waals surface area contributed by atoms with Crippen LogP contribution < -0.4 is 9.47 Å². The van der Waals surface area contributed by atoms with Gasteiger partial charge in [-0.25, -0.2) is 4.98 Å². The van der Waals surface area contributed by atoms with Crippen LogP contribution in [0.4, 0.5) is 0 Å². The van der Waals surface area contributed by atoms with E-state index >= 15 is 0 Å². The number of hydrogen-bond donors (Lipinski definition) is 0. The highest BCUT2D eigenvalue weighted by Crippen LogP contribution is 2.35. The number of methoxy groups -OCH3 is 1. The second kappa shape index (κ2) is 6.40. The van der Waals surface area contributed by atoms with Crippen molar-refractivity contribution in [3.8, 4) is 28.1 Å². The van der Waals surface area contributed by atoms with Crippen molar-refractivity contribution in [2.75, 3.05) is 13.7 Å². The van der Waals surface area contributed by atoms with E-state index in [1.165, 1.54) is 0 Å². The molecule has 1 aromatic carbocycles. The monoisotopic (exact) mass is 288 g/mol. The van der Waals surface area contributed by atoms with Crippen LogP contribution in [-0.2, 0) is 6.42 Å². The molecule has 20 heavy (non-hydrogen) atoms. The van der Waals surface area contributed by atoms with Gasteiger partial charge in [-0.1, -0.05) is 0 Å². The van der Waals surface area contributed by atoms with Crippen LogP contribution in [0.25, 0.3) is 10.6 Å². The average Bonchev–Trinajstić information content (AvgIpc) is 2.81. The van der Waals surface area contributed by atoms with Crippen molar-refractivity contribution in [3.05, 3.63) is 28.8 Å². The first kappa shape index (κ1) is 14.4. The number of benzene rings is 1. The molecule has 0 spiro atoms. The van der Waals surface area contributed by atoms with Gasteiger partial charge in [0.25, 0.3) is 0 Å². The molecule has 0 amide bonds. The third-order valence-electron chi connectivity index (χ3n) is 2.84. The summed E-state index contributed by atoms with van der Waals surface area (Å²) in [6.45, 7) is 4.45. The van der Waals surface area contributed by atoms with Gasteiger partial charge in [0.1, 0.15) is 5.01 Å². The number of rotatable bonds is 5. The molecule has 0 atom stereocenters. The van der Waals surface area contributed by atoms with Crippen LogP contribution in [0.2, 0.25) is 0 Å². The van der Waals surface area contributed by atoms with E-state index in [-0.39, 0.29) is 0 Å². The molecule has 1 aromatic heterocycles. The quantitative estimate of drug-likeness (QED) is 0.843. The van der Waals surface area contributed by atoms with Gasteiger partial charge in [0.15, 0.2) is 11.5 Å². The Balaban J connectivity index is 2.40. The van der Waals surface area contributed by atoms with E-state index < -0.39 is 0 Å². The molecule has 4 nitrogen and oxygen atoms in total. The van der Waals surface area contributed by atoms with Crippen LogP contribution in [0.15, 0.2) is 18.2 Å². The van der Waals surface area contributed by atoms with E-state index in [4.69, 9.17) is 14.7 Å². The highest BCUT2D eigenvalue weighted by atomic mass is 32.1. The first-order valence-corrected chi connectivity index (χ1v) is 7.15. The number of aryl methyl sites for hydroxylation is 1. The SMILES string of the molecule is CCOc1cc(-c2nc(C)c(CC#N)s2)ccc1OC. The highest BCUT2D eigenvalue weighted by molar-refractivity contribution is 7.15. The molecule has 5 heteroatoms. The Hall–Kier alpha value is -2.06. The Kier molecular flexibility index (Phi) is 4.59. The topological polar surface area (TPSA) is 55.1 Å². The second-order valence-corrected chi connectivity index (χ2v) is 5.24. The van der Waals surface area contributed by atoms with Crippen LogP contribution in [0.1, 0.15) is 17.5 Å². The lowest BCUT2D eigenvalue weighted by Gasteiger charge is -2.10. The van der Waals surface area contributed by atoms with E-state index in [2.05, 4.69) is 11.1 Å². The third kappa shape index (κ3) is 2.91. The Morgan fingerprint density at radius 1 is 1.35 bits per heavy atom. The van der Waals surface area contributed by atoms with Crippen molar-refractivity contribution in [2.24, 2.45) is 0 Å². The molecule has 0 fully saturated rings. The van der Waals surface area contributed by atoms with Crippen LogP contribution in [-0.4, -0.2) is 18.7 Å². The van der Waals surface area contributed by atoms with Gasteiger partial charge < -0.3 is 9.47 Å². The summed E-state index contributed by atoms with van der Waals surface area (Å²) >= 11 is 1.55. The zero-order valence-corrected chi connectivity index (χ0v) is 12.6. The zero-order valence-electron chi connectivity index (χ0n) is 11.8. The summed E-state index contributed by atoms with van der Waals surface area (Å²) in [6, 6.07) is 7.92. The van der Waals surface area contributed by atoms with Crippen molar-refractivity contribution < 1.29 is 9.47 Å². The van der Waals surface area contributed by atoms with Gasteiger partial charge >= 0.3 is 0 Å². The lowest BCUT2D eigenvalue weighted by atomic mass is 10.2. The molecule has 0 aliphatic carbocycles. The first-order valence-electron chi connectivity index (χ1n) is 6.34. The lowest BCUT2D eigenvalue weighted by Crippen LogP contribution is -1.95. The molecule has 0 aliphatic heterocycles. The molecule has 2 aromatic rings. The van der Waals surface area contributed by atoms with Crippen molar-refractivity contribution in [3.63, 3.8) is 0 Å². The summed E-state index contributed by atoms with van der Waals surface area (Å²) in [5.74, 6) is 1.42. The van der Waals surface area contributed by atoms with Crippen molar-refractivity contribution >= 4 is 11.3 Å². The van der Waals surface area contributed by atoms with E-state index in [1.54, 1.807) is 18.4 Å². The minimum absolute atomic E-state index is 0.401. The largest absolute Gasteiger partial charge is 0.493 e. The summed E-state index contributed by atoms with van der Waals surface area (Å²) < 4.78 is 10.8. The van der Waals surface area contributed by atoms with E-state index in [0.29, 0.717) is 24.5 Å². The summed E-state index contributed by atoms with van der Waals surface area (Å²) in [7, 11) is 1.62. The van der Waals surface area contributed by atoms with Gasteiger partial charge in [0.05, 0.1) is 31.9 Å². The minimum Gasteiger partial charge on any atom is -0.493 e. The maximum atomic E-state index is 8.80. The Bertz CT molecular complexity index is 644. The van der Waals surface area contributed by atoms with Crippen molar-refractivity contribution in [2.45, 2.75) is 20.3 Å². The van der Waals surface area contributed by atoms with Crippen LogP contribution in [0.5, 0.6) is 11.5 Å². The smallest absolute Gasteiger partial charge is 0.161 e. The molecular formula is C15H16N2O2S. The Morgan fingerprint density at radius 3 is 2.80 bits per heavy atom. The van der Waals surface area contributed by atoms with E-state index in [9.17, 15) is 0 Å². The maximum absolute atomic E-state index is 8.80. The fourth-order valence-corrected chi connectivity index (χ4v) is 2.86. The van der Waals surface area contributed by atoms with Gasteiger partial charge in [0, 0.05) is 10.4 Å². The highest BCUT2D eigenvalue weighted by Gasteiger charge is 2.12. The minimum atomic E-state index is 0.401. The predicted molar refractivity (Wildman–Crippen MR) is 79.3 cm³/mol. The molecule has 0 bridgehead atoms. The summed E-state index contributed by atoms with van der Waals surface area (Å²) in [6.07, 6.45) is 0.401. The standard InChI is InChI=1S/C15H16N2O2S/c1-4-19-13-9-11(5-6-12(13)18-3)15-17-10(2)14(20-15)7-8-16/h5-6,9H,4,7H2,1-3H3. The van der Waals surface area contributed by atoms with Gasteiger partial charge in [-0.3, -0.25) is 0 Å².